The molecular formula is C33H42O18. The summed E-state index contributed by atoms with van der Waals surface area (Å²) in [6.45, 7) is 6.41. The van der Waals surface area contributed by atoms with Gasteiger partial charge in [0.1, 0.15) is 31.5 Å². The SMILES string of the molecule is CC(=O)OC[C@H]1O[C@@H](O[C@H]2[C@H](OC(C)=O)[C@@H](OC(C)=O)[C@H](OCc3ccccc3)O[C@@H]2COC(C)=O)[C@H](OC(C)=O)[C@@H](OC(C)=O)[C@@H]1OC(C)=O. The molecule has 2 heterocycles. The first-order valence-corrected chi connectivity index (χ1v) is 15.8. The second-order valence-corrected chi connectivity index (χ2v) is 11.5. The van der Waals surface area contributed by atoms with Crippen molar-refractivity contribution in [2.45, 2.75) is 116 Å². The fraction of sp³-hybridized carbons (Fsp3) is 0.606. The molecule has 0 spiro atoms. The van der Waals surface area contributed by atoms with Crippen LogP contribution in [-0.2, 0) is 92.3 Å². The average molecular weight is 727 g/mol. The molecule has 2 saturated heterocycles. The second kappa shape index (κ2) is 19.1. The van der Waals surface area contributed by atoms with E-state index in [1.165, 1.54) is 0 Å². The molecule has 0 saturated carbocycles. The summed E-state index contributed by atoms with van der Waals surface area (Å²) in [6.07, 6.45) is -15.4. The Morgan fingerprint density at radius 1 is 0.490 bits per heavy atom. The zero-order chi connectivity index (χ0) is 37.8. The van der Waals surface area contributed by atoms with Gasteiger partial charge in [-0.15, -0.1) is 0 Å². The van der Waals surface area contributed by atoms with Gasteiger partial charge in [-0.25, -0.2) is 0 Å². The lowest BCUT2D eigenvalue weighted by Crippen LogP contribution is -2.67. The topological polar surface area (TPSA) is 221 Å². The smallest absolute Gasteiger partial charge is 0.303 e. The molecule has 0 unspecified atom stereocenters. The van der Waals surface area contributed by atoms with E-state index in [1.54, 1.807) is 30.3 Å². The molecule has 0 aliphatic carbocycles. The van der Waals surface area contributed by atoms with E-state index in [1.807, 2.05) is 0 Å². The first kappa shape index (κ1) is 40.8. The minimum atomic E-state index is -1.78. The molecule has 2 aliphatic rings. The number of esters is 7. The predicted octanol–water partition coefficient (Wildman–Crippen LogP) is 0.823. The fourth-order valence-electron chi connectivity index (χ4n) is 5.36. The maximum absolute atomic E-state index is 12.5. The molecule has 3 rings (SSSR count). The summed E-state index contributed by atoms with van der Waals surface area (Å²) in [5.74, 6) is -5.79. The number of hydrogen-bond acceptors (Lipinski definition) is 18. The molecule has 2 aliphatic heterocycles. The quantitative estimate of drug-likeness (QED) is 0.191. The molecule has 0 radical (unpaired) electrons. The number of hydrogen-bond donors (Lipinski definition) is 0. The van der Waals surface area contributed by atoms with Crippen LogP contribution in [0.1, 0.15) is 54.0 Å². The number of carbonyl (C=O) groups is 7. The summed E-state index contributed by atoms with van der Waals surface area (Å²) in [6, 6.07) is 8.86. The third-order valence-corrected chi connectivity index (χ3v) is 7.14. The molecule has 0 bridgehead atoms. The Balaban J connectivity index is 2.13. The van der Waals surface area contributed by atoms with Gasteiger partial charge in [-0.1, -0.05) is 30.3 Å². The van der Waals surface area contributed by atoms with Crippen molar-refractivity contribution in [3.8, 4) is 0 Å². The summed E-state index contributed by atoms with van der Waals surface area (Å²) in [7, 11) is 0. The fourth-order valence-corrected chi connectivity index (χ4v) is 5.36. The molecule has 1 aromatic rings. The summed E-state index contributed by atoms with van der Waals surface area (Å²) in [4.78, 5) is 85.4. The largest absolute Gasteiger partial charge is 0.463 e. The molecule has 10 atom stereocenters. The Morgan fingerprint density at radius 2 is 0.882 bits per heavy atom. The zero-order valence-electron chi connectivity index (χ0n) is 29.1. The van der Waals surface area contributed by atoms with Crippen LogP contribution in [0.25, 0.3) is 0 Å². The van der Waals surface area contributed by atoms with Gasteiger partial charge in [-0.2, -0.15) is 0 Å². The summed E-state index contributed by atoms with van der Waals surface area (Å²) in [5.41, 5.74) is 0.708. The zero-order valence-corrected chi connectivity index (χ0v) is 29.1. The average Bonchev–Trinajstić information content (AvgIpc) is 3.02. The lowest BCUT2D eigenvalue weighted by atomic mass is 9.96. The van der Waals surface area contributed by atoms with Crippen LogP contribution in [0.3, 0.4) is 0 Å². The van der Waals surface area contributed by atoms with Gasteiger partial charge in [0, 0.05) is 48.5 Å². The van der Waals surface area contributed by atoms with Crippen molar-refractivity contribution in [3.05, 3.63) is 35.9 Å². The van der Waals surface area contributed by atoms with Crippen LogP contribution in [-0.4, -0.2) is 116 Å². The van der Waals surface area contributed by atoms with Crippen molar-refractivity contribution in [2.24, 2.45) is 0 Å². The Kier molecular flexibility index (Phi) is 15.3. The van der Waals surface area contributed by atoms with Gasteiger partial charge < -0.3 is 52.1 Å². The Bertz CT molecular complexity index is 1400. The molecule has 2 fully saturated rings. The highest BCUT2D eigenvalue weighted by atomic mass is 16.8. The van der Waals surface area contributed by atoms with Gasteiger partial charge in [0.25, 0.3) is 0 Å². The van der Waals surface area contributed by atoms with Gasteiger partial charge in [0.2, 0.25) is 0 Å². The molecule has 18 nitrogen and oxygen atoms in total. The summed E-state index contributed by atoms with van der Waals surface area (Å²) < 4.78 is 62.4. The number of rotatable bonds is 14. The van der Waals surface area contributed by atoms with Crippen molar-refractivity contribution in [2.75, 3.05) is 13.2 Å². The lowest BCUT2D eigenvalue weighted by Gasteiger charge is -2.48. The van der Waals surface area contributed by atoms with E-state index in [9.17, 15) is 33.6 Å². The summed E-state index contributed by atoms with van der Waals surface area (Å²) >= 11 is 0. The van der Waals surface area contributed by atoms with Crippen LogP contribution in [0, 0.1) is 0 Å². The molecule has 18 heteroatoms. The Labute approximate surface area is 293 Å². The van der Waals surface area contributed by atoms with E-state index >= 15 is 0 Å². The number of carbonyl (C=O) groups excluding carboxylic acids is 7. The predicted molar refractivity (Wildman–Crippen MR) is 164 cm³/mol. The van der Waals surface area contributed by atoms with Crippen LogP contribution in [0.5, 0.6) is 0 Å². The molecule has 0 aromatic heterocycles. The Hall–Kier alpha value is -4.65. The van der Waals surface area contributed by atoms with Gasteiger partial charge in [0.05, 0.1) is 6.61 Å². The normalized spacial score (nSPS) is 28.7. The van der Waals surface area contributed by atoms with Crippen molar-refractivity contribution in [1.29, 1.82) is 0 Å². The minimum Gasteiger partial charge on any atom is -0.463 e. The van der Waals surface area contributed by atoms with Crippen molar-refractivity contribution in [1.82, 2.24) is 0 Å². The number of benzene rings is 1. The molecular weight excluding hydrogens is 684 g/mol. The Morgan fingerprint density at radius 3 is 1.35 bits per heavy atom. The van der Waals surface area contributed by atoms with Gasteiger partial charge >= 0.3 is 41.8 Å². The maximum atomic E-state index is 12.5. The lowest BCUT2D eigenvalue weighted by molar-refractivity contribution is -0.362. The van der Waals surface area contributed by atoms with Crippen LogP contribution in [0.2, 0.25) is 0 Å². The molecule has 51 heavy (non-hydrogen) atoms. The van der Waals surface area contributed by atoms with E-state index in [2.05, 4.69) is 0 Å². The summed E-state index contributed by atoms with van der Waals surface area (Å²) in [5, 5.41) is 0. The van der Waals surface area contributed by atoms with Gasteiger partial charge in [-0.3, -0.25) is 33.6 Å². The van der Waals surface area contributed by atoms with E-state index in [0.717, 1.165) is 48.5 Å². The highest BCUT2D eigenvalue weighted by Gasteiger charge is 2.57. The molecule has 1 aromatic carbocycles. The van der Waals surface area contributed by atoms with Crippen LogP contribution in [0.15, 0.2) is 30.3 Å². The van der Waals surface area contributed by atoms with Gasteiger partial charge in [-0.05, 0) is 5.56 Å². The first-order chi connectivity index (χ1) is 24.0. The van der Waals surface area contributed by atoms with E-state index < -0.39 is 116 Å². The van der Waals surface area contributed by atoms with Crippen molar-refractivity contribution >= 4 is 41.8 Å². The van der Waals surface area contributed by atoms with Crippen LogP contribution in [0.4, 0.5) is 0 Å². The third-order valence-electron chi connectivity index (χ3n) is 7.14. The first-order valence-electron chi connectivity index (χ1n) is 15.8. The highest BCUT2D eigenvalue weighted by Crippen LogP contribution is 2.35. The standard InChI is InChI=1S/C33H42O18/c1-16(34)41-14-24-26(44-18(3)36)28(45-19(4)37)31(48-22(7)40)33(50-24)51-27-25(15-42-17(2)35)49-32(43-13-23-11-9-8-10-12-23)30(47-21(6)39)29(27)46-20(5)38/h8-12,24-33H,13-15H2,1-7H3/t24-,25-,26-,27-,28+,29+,30-,31-,32-,33+/m1/s1. The number of ether oxygens (including phenoxy) is 11. The monoisotopic (exact) mass is 726 g/mol. The molecule has 0 N–H and O–H groups in total. The third kappa shape index (κ3) is 12.6. The maximum Gasteiger partial charge on any atom is 0.303 e. The van der Waals surface area contributed by atoms with E-state index in [-0.39, 0.29) is 6.61 Å². The van der Waals surface area contributed by atoms with E-state index in [0.29, 0.717) is 5.56 Å². The van der Waals surface area contributed by atoms with E-state index in [4.69, 9.17) is 52.1 Å². The van der Waals surface area contributed by atoms with Gasteiger partial charge in [0.15, 0.2) is 43.1 Å². The highest BCUT2D eigenvalue weighted by molar-refractivity contribution is 5.69. The van der Waals surface area contributed by atoms with Crippen LogP contribution < -0.4 is 0 Å². The second-order valence-electron chi connectivity index (χ2n) is 11.5. The van der Waals surface area contributed by atoms with Crippen LogP contribution >= 0.6 is 0 Å². The van der Waals surface area contributed by atoms with Crippen molar-refractivity contribution < 1.29 is 85.7 Å². The molecule has 282 valence electrons. The minimum absolute atomic E-state index is 0.0540. The van der Waals surface area contributed by atoms with Crippen molar-refractivity contribution in [3.63, 3.8) is 0 Å². The molecule has 0 amide bonds.